The van der Waals surface area contributed by atoms with E-state index in [1.807, 2.05) is 0 Å². The van der Waals surface area contributed by atoms with Crippen LogP contribution in [0.2, 0.25) is 0 Å². The van der Waals surface area contributed by atoms with Gasteiger partial charge < -0.3 is 14.2 Å². The number of ether oxygens (including phenoxy) is 3. The van der Waals surface area contributed by atoms with Crippen molar-refractivity contribution < 1.29 is 28.6 Å². The van der Waals surface area contributed by atoms with Gasteiger partial charge in [-0.3, -0.25) is 9.59 Å². The zero-order valence-corrected chi connectivity index (χ0v) is 14.5. The van der Waals surface area contributed by atoms with Gasteiger partial charge in [0.1, 0.15) is 18.5 Å². The van der Waals surface area contributed by atoms with Crippen LogP contribution in [-0.4, -0.2) is 55.0 Å². The highest BCUT2D eigenvalue weighted by atomic mass is 32.2. The maximum Gasteiger partial charge on any atom is 0.333 e. The lowest BCUT2D eigenvalue weighted by atomic mass is 10.3. The van der Waals surface area contributed by atoms with Crippen LogP contribution in [0.4, 0.5) is 0 Å². The van der Waals surface area contributed by atoms with Crippen molar-refractivity contribution in [1.82, 2.24) is 0 Å². The van der Waals surface area contributed by atoms with Crippen LogP contribution in [0.5, 0.6) is 0 Å². The molecule has 0 aliphatic rings. The zero-order chi connectivity index (χ0) is 17.0. The van der Waals surface area contributed by atoms with E-state index < -0.39 is 23.2 Å². The van der Waals surface area contributed by atoms with E-state index >= 15 is 0 Å². The third kappa shape index (κ3) is 9.73. The van der Waals surface area contributed by atoms with Crippen molar-refractivity contribution in [2.45, 2.75) is 25.0 Å². The number of hydrogen-bond acceptors (Lipinski definition) is 8. The van der Waals surface area contributed by atoms with Crippen molar-refractivity contribution >= 4 is 42.3 Å². The van der Waals surface area contributed by atoms with Gasteiger partial charge in [-0.25, -0.2) is 4.79 Å². The first-order valence-electron chi connectivity index (χ1n) is 6.70. The van der Waals surface area contributed by atoms with Crippen molar-refractivity contribution in [3.8, 4) is 0 Å². The highest BCUT2D eigenvalue weighted by Crippen LogP contribution is 2.18. The van der Waals surface area contributed by atoms with Gasteiger partial charge in [-0.1, -0.05) is 6.58 Å². The topological polar surface area (TPSA) is 78.9 Å². The Labute approximate surface area is 140 Å². The van der Waals surface area contributed by atoms with E-state index in [1.165, 1.54) is 25.8 Å². The van der Waals surface area contributed by atoms with Gasteiger partial charge in [0.25, 0.3) is 0 Å². The minimum absolute atomic E-state index is 0.0485. The largest absolute Gasteiger partial charge is 0.468 e. The fourth-order valence-electron chi connectivity index (χ4n) is 1.26. The lowest BCUT2D eigenvalue weighted by Crippen LogP contribution is -2.25. The maximum atomic E-state index is 11.7. The van der Waals surface area contributed by atoms with E-state index in [4.69, 9.17) is 9.47 Å². The third-order valence-corrected chi connectivity index (χ3v) is 3.97. The summed E-state index contributed by atoms with van der Waals surface area (Å²) >= 11 is 5.42. The number of rotatable bonds is 11. The molecule has 8 heteroatoms. The van der Waals surface area contributed by atoms with Crippen molar-refractivity contribution in [2.75, 3.05) is 31.8 Å². The first-order valence-corrected chi connectivity index (χ1v) is 8.39. The van der Waals surface area contributed by atoms with Gasteiger partial charge in [0.2, 0.25) is 0 Å². The minimum Gasteiger partial charge on any atom is -0.468 e. The van der Waals surface area contributed by atoms with Crippen LogP contribution in [0.25, 0.3) is 0 Å². The highest BCUT2D eigenvalue weighted by Gasteiger charge is 2.23. The number of thioether (sulfide) groups is 1. The van der Waals surface area contributed by atoms with Crippen LogP contribution in [-0.2, 0) is 28.6 Å². The van der Waals surface area contributed by atoms with Gasteiger partial charge in [0.15, 0.2) is 0 Å². The molecule has 1 unspecified atom stereocenters. The van der Waals surface area contributed by atoms with E-state index in [-0.39, 0.29) is 25.2 Å². The molecule has 0 spiro atoms. The highest BCUT2D eigenvalue weighted by molar-refractivity contribution is 8.00. The first kappa shape index (κ1) is 20.9. The molecule has 0 aliphatic heterocycles. The van der Waals surface area contributed by atoms with Crippen molar-refractivity contribution in [2.24, 2.45) is 0 Å². The summed E-state index contributed by atoms with van der Waals surface area (Å²) in [6.07, 6.45) is 0.742. The van der Waals surface area contributed by atoms with Gasteiger partial charge in [-0.05, 0) is 24.9 Å². The van der Waals surface area contributed by atoms with E-state index in [0.29, 0.717) is 11.5 Å². The van der Waals surface area contributed by atoms with E-state index in [0.717, 1.165) is 6.42 Å². The number of esters is 3. The standard InChI is InChI=1S/C14H22O6S2/c1-10(2)13(16)20-6-5-19-12(15)9-11(14(17)18-3)22-8-4-7-21/h11,21H,1,4-9H2,2-3H3. The molecule has 0 fully saturated rings. The lowest BCUT2D eigenvalue weighted by molar-refractivity contribution is -0.152. The van der Waals surface area contributed by atoms with Gasteiger partial charge >= 0.3 is 17.9 Å². The number of hydrogen-bond donors (Lipinski definition) is 1. The molecule has 0 heterocycles. The molecular weight excluding hydrogens is 328 g/mol. The molecule has 0 aromatic rings. The van der Waals surface area contributed by atoms with Crippen LogP contribution in [0.15, 0.2) is 12.2 Å². The molecule has 22 heavy (non-hydrogen) atoms. The molecule has 0 aromatic carbocycles. The van der Waals surface area contributed by atoms with Crippen LogP contribution in [0.3, 0.4) is 0 Å². The molecule has 0 N–H and O–H groups in total. The number of carbonyl (C=O) groups excluding carboxylic acids is 3. The maximum absolute atomic E-state index is 11.7. The Kier molecular flexibility index (Phi) is 11.8. The van der Waals surface area contributed by atoms with Gasteiger partial charge in [-0.2, -0.15) is 12.6 Å². The smallest absolute Gasteiger partial charge is 0.333 e. The Balaban J connectivity index is 4.08. The molecular formula is C14H22O6S2. The fourth-order valence-corrected chi connectivity index (χ4v) is 2.71. The predicted octanol–water partition coefficient (Wildman–Crippen LogP) is 1.63. The Hall–Kier alpha value is -1.15. The average molecular weight is 350 g/mol. The minimum atomic E-state index is -0.602. The molecule has 1 atom stereocenters. The Bertz CT molecular complexity index is 397. The lowest BCUT2D eigenvalue weighted by Gasteiger charge is -2.13. The molecule has 0 aliphatic carbocycles. The molecule has 0 amide bonds. The van der Waals surface area contributed by atoms with Gasteiger partial charge in [0, 0.05) is 5.57 Å². The SMILES string of the molecule is C=C(C)C(=O)OCCOC(=O)CC(SCCCS)C(=O)OC. The first-order chi connectivity index (χ1) is 10.4. The summed E-state index contributed by atoms with van der Waals surface area (Å²) in [7, 11) is 1.27. The third-order valence-electron chi connectivity index (χ3n) is 2.37. The van der Waals surface area contributed by atoms with E-state index in [9.17, 15) is 14.4 Å². The molecule has 6 nitrogen and oxygen atoms in total. The second-order valence-electron chi connectivity index (χ2n) is 4.30. The van der Waals surface area contributed by atoms with Gasteiger partial charge in [0.05, 0.1) is 13.5 Å². The van der Waals surface area contributed by atoms with Crippen molar-refractivity contribution in [3.05, 3.63) is 12.2 Å². The summed E-state index contributed by atoms with van der Waals surface area (Å²) in [5.41, 5.74) is 0.276. The van der Waals surface area contributed by atoms with Crippen LogP contribution < -0.4 is 0 Å². The molecule has 0 saturated heterocycles. The zero-order valence-electron chi connectivity index (χ0n) is 12.8. The molecule has 0 rings (SSSR count). The van der Waals surface area contributed by atoms with E-state index in [1.54, 1.807) is 0 Å². The summed E-state index contributed by atoms with van der Waals surface area (Å²) in [6, 6.07) is 0. The fraction of sp³-hybridized carbons (Fsp3) is 0.643. The van der Waals surface area contributed by atoms with Gasteiger partial charge in [-0.15, -0.1) is 11.8 Å². The predicted molar refractivity (Wildman–Crippen MR) is 88.1 cm³/mol. The summed E-state index contributed by atoms with van der Waals surface area (Å²) in [4.78, 5) is 34.4. The normalized spacial score (nSPS) is 11.4. The summed E-state index contributed by atoms with van der Waals surface area (Å²) < 4.78 is 14.4. The molecule has 0 bridgehead atoms. The van der Waals surface area contributed by atoms with Crippen LogP contribution in [0, 0.1) is 0 Å². The molecule has 126 valence electrons. The van der Waals surface area contributed by atoms with Crippen LogP contribution in [0.1, 0.15) is 19.8 Å². The monoisotopic (exact) mass is 350 g/mol. The number of carbonyl (C=O) groups is 3. The summed E-state index contributed by atoms with van der Waals surface area (Å²) in [5.74, 6) is -0.132. The Morgan fingerprint density at radius 2 is 1.86 bits per heavy atom. The number of methoxy groups -OCH3 is 1. The second kappa shape index (κ2) is 12.4. The molecule has 0 aromatic heterocycles. The van der Waals surface area contributed by atoms with Crippen molar-refractivity contribution in [1.29, 1.82) is 0 Å². The Morgan fingerprint density at radius 3 is 2.41 bits per heavy atom. The van der Waals surface area contributed by atoms with Crippen molar-refractivity contribution in [3.63, 3.8) is 0 Å². The molecule has 0 saturated carbocycles. The summed E-state index contributed by atoms with van der Waals surface area (Å²) in [6.45, 7) is 4.84. The quantitative estimate of drug-likeness (QED) is 0.199. The molecule has 0 radical (unpaired) electrons. The van der Waals surface area contributed by atoms with E-state index in [2.05, 4.69) is 23.9 Å². The second-order valence-corrected chi connectivity index (χ2v) is 6.06. The average Bonchev–Trinajstić information content (AvgIpc) is 2.49. The Morgan fingerprint density at radius 1 is 1.23 bits per heavy atom. The number of thiol groups is 1. The summed E-state index contributed by atoms with van der Waals surface area (Å²) in [5, 5.41) is -0.602. The van der Waals surface area contributed by atoms with Crippen LogP contribution >= 0.6 is 24.4 Å².